The summed E-state index contributed by atoms with van der Waals surface area (Å²) < 4.78 is 5.30. The second-order valence-corrected chi connectivity index (χ2v) is 6.42. The van der Waals surface area contributed by atoms with Gasteiger partial charge in [0, 0.05) is 31.2 Å². The van der Waals surface area contributed by atoms with Crippen LogP contribution in [0.25, 0.3) is 0 Å². The van der Waals surface area contributed by atoms with E-state index in [9.17, 15) is 9.59 Å². The van der Waals surface area contributed by atoms with Crippen molar-refractivity contribution in [1.82, 2.24) is 15.5 Å². The van der Waals surface area contributed by atoms with Crippen molar-refractivity contribution in [3.8, 4) is 5.75 Å². The standard InChI is InChI=1S/C18H27N3O3/c1-13(2)20-18(23)21-10-6-8-15(12-21)17(22)19-11-14-7-4-5-9-16(14)24-3/h4-5,7,9,13,15H,6,8,10-12H2,1-3H3,(H,19,22)(H,20,23). The van der Waals surface area contributed by atoms with E-state index in [1.807, 2.05) is 38.1 Å². The van der Waals surface area contributed by atoms with E-state index < -0.39 is 0 Å². The number of piperidine rings is 1. The van der Waals surface area contributed by atoms with Gasteiger partial charge in [-0.1, -0.05) is 18.2 Å². The van der Waals surface area contributed by atoms with Gasteiger partial charge >= 0.3 is 6.03 Å². The van der Waals surface area contributed by atoms with Gasteiger partial charge in [-0.2, -0.15) is 0 Å². The lowest BCUT2D eigenvalue weighted by Gasteiger charge is -2.32. The summed E-state index contributed by atoms with van der Waals surface area (Å²) in [6.07, 6.45) is 1.65. The Morgan fingerprint density at radius 2 is 2.08 bits per heavy atom. The first-order chi connectivity index (χ1) is 11.5. The maximum Gasteiger partial charge on any atom is 0.317 e. The molecule has 3 amide bonds. The zero-order valence-corrected chi connectivity index (χ0v) is 14.7. The van der Waals surface area contributed by atoms with Crippen LogP contribution in [0.4, 0.5) is 4.79 Å². The minimum atomic E-state index is -0.161. The molecule has 1 aromatic rings. The first kappa shape index (κ1) is 18.1. The molecule has 132 valence electrons. The lowest BCUT2D eigenvalue weighted by molar-refractivity contribution is -0.126. The Labute approximate surface area is 143 Å². The van der Waals surface area contributed by atoms with Crippen molar-refractivity contribution < 1.29 is 14.3 Å². The Morgan fingerprint density at radius 1 is 1.33 bits per heavy atom. The molecule has 1 saturated heterocycles. The monoisotopic (exact) mass is 333 g/mol. The highest BCUT2D eigenvalue weighted by molar-refractivity contribution is 5.81. The van der Waals surface area contributed by atoms with Crippen molar-refractivity contribution in [3.05, 3.63) is 29.8 Å². The number of hydrogen-bond acceptors (Lipinski definition) is 3. The average molecular weight is 333 g/mol. The lowest BCUT2D eigenvalue weighted by atomic mass is 9.97. The van der Waals surface area contributed by atoms with Crippen LogP contribution in [0.5, 0.6) is 5.75 Å². The number of nitrogens with one attached hydrogen (secondary N) is 2. The zero-order valence-electron chi connectivity index (χ0n) is 14.7. The fourth-order valence-electron chi connectivity index (χ4n) is 2.89. The van der Waals surface area contributed by atoms with Gasteiger partial charge in [-0.15, -0.1) is 0 Å². The van der Waals surface area contributed by atoms with E-state index in [0.29, 0.717) is 19.6 Å². The van der Waals surface area contributed by atoms with Crippen LogP contribution < -0.4 is 15.4 Å². The van der Waals surface area contributed by atoms with Crippen LogP contribution in [0.2, 0.25) is 0 Å². The van der Waals surface area contributed by atoms with Gasteiger partial charge in [0.1, 0.15) is 5.75 Å². The minimum absolute atomic E-state index is 0.0112. The SMILES string of the molecule is COc1ccccc1CNC(=O)C1CCCN(C(=O)NC(C)C)C1. The average Bonchev–Trinajstić information content (AvgIpc) is 2.59. The Kier molecular flexibility index (Phi) is 6.46. The highest BCUT2D eigenvalue weighted by atomic mass is 16.5. The van der Waals surface area contributed by atoms with E-state index in [2.05, 4.69) is 10.6 Å². The molecule has 6 nitrogen and oxygen atoms in total. The highest BCUT2D eigenvalue weighted by Gasteiger charge is 2.28. The molecule has 0 aliphatic carbocycles. The smallest absolute Gasteiger partial charge is 0.317 e. The van der Waals surface area contributed by atoms with E-state index >= 15 is 0 Å². The molecule has 24 heavy (non-hydrogen) atoms. The van der Waals surface area contributed by atoms with Crippen LogP contribution in [-0.2, 0) is 11.3 Å². The molecule has 0 bridgehead atoms. The molecule has 6 heteroatoms. The summed E-state index contributed by atoms with van der Waals surface area (Å²) in [5, 5.41) is 5.85. The third kappa shape index (κ3) is 4.88. The topological polar surface area (TPSA) is 70.7 Å². The molecule has 0 spiro atoms. The molecule has 2 N–H and O–H groups in total. The summed E-state index contributed by atoms with van der Waals surface area (Å²) in [4.78, 5) is 26.3. The molecule has 1 aliphatic rings. The maximum absolute atomic E-state index is 12.5. The van der Waals surface area contributed by atoms with E-state index in [4.69, 9.17) is 4.74 Å². The predicted octanol–water partition coefficient (Wildman–Crippen LogP) is 2.14. The molecular formula is C18H27N3O3. The van der Waals surface area contributed by atoms with Crippen molar-refractivity contribution in [1.29, 1.82) is 0 Å². The van der Waals surface area contributed by atoms with E-state index in [-0.39, 0.29) is 23.9 Å². The van der Waals surface area contributed by atoms with E-state index in [1.54, 1.807) is 12.0 Å². The van der Waals surface area contributed by atoms with Gasteiger partial charge in [0.05, 0.1) is 13.0 Å². The molecular weight excluding hydrogens is 306 g/mol. The summed E-state index contributed by atoms with van der Waals surface area (Å²) in [5.41, 5.74) is 0.943. The number of likely N-dealkylation sites (tertiary alicyclic amines) is 1. The molecule has 1 atom stereocenters. The fraction of sp³-hybridized carbons (Fsp3) is 0.556. The number of para-hydroxylation sites is 1. The van der Waals surface area contributed by atoms with Gasteiger partial charge in [0.2, 0.25) is 5.91 Å². The summed E-state index contributed by atoms with van der Waals surface area (Å²) in [5.74, 6) is 0.591. The molecule has 1 fully saturated rings. The van der Waals surface area contributed by atoms with E-state index in [1.165, 1.54) is 0 Å². The van der Waals surface area contributed by atoms with Crippen LogP contribution >= 0.6 is 0 Å². The third-order valence-corrected chi connectivity index (χ3v) is 4.14. The van der Waals surface area contributed by atoms with Gasteiger partial charge in [0.25, 0.3) is 0 Å². The van der Waals surface area contributed by atoms with Crippen LogP contribution in [0.3, 0.4) is 0 Å². The van der Waals surface area contributed by atoms with Gasteiger partial charge in [0.15, 0.2) is 0 Å². The number of benzene rings is 1. The van der Waals surface area contributed by atoms with Crippen LogP contribution in [0, 0.1) is 5.92 Å². The summed E-state index contributed by atoms with van der Waals surface area (Å²) in [6, 6.07) is 7.63. The Balaban J connectivity index is 1.89. The molecule has 2 rings (SSSR count). The number of hydrogen-bond donors (Lipinski definition) is 2. The number of carbonyl (C=O) groups is 2. The van der Waals surface area contributed by atoms with Crippen molar-refractivity contribution in [2.45, 2.75) is 39.3 Å². The van der Waals surface area contributed by atoms with Crippen LogP contribution in [0.1, 0.15) is 32.3 Å². The van der Waals surface area contributed by atoms with Crippen molar-refractivity contribution in [2.75, 3.05) is 20.2 Å². The Bertz CT molecular complexity index is 574. The number of ether oxygens (including phenoxy) is 1. The molecule has 0 saturated carbocycles. The van der Waals surface area contributed by atoms with Crippen molar-refractivity contribution in [3.63, 3.8) is 0 Å². The summed E-state index contributed by atoms with van der Waals surface area (Å²) in [6.45, 7) is 5.46. The lowest BCUT2D eigenvalue weighted by Crippen LogP contribution is -2.50. The zero-order chi connectivity index (χ0) is 17.5. The van der Waals surface area contributed by atoms with Crippen LogP contribution in [-0.4, -0.2) is 43.1 Å². The van der Waals surface area contributed by atoms with Gasteiger partial charge in [-0.25, -0.2) is 4.79 Å². The molecule has 0 radical (unpaired) electrons. The number of nitrogens with zero attached hydrogens (tertiary/aromatic N) is 1. The Hall–Kier alpha value is -2.24. The Morgan fingerprint density at radius 3 is 2.79 bits per heavy atom. The first-order valence-corrected chi connectivity index (χ1v) is 8.46. The van der Waals surface area contributed by atoms with Gasteiger partial charge in [-0.05, 0) is 32.8 Å². The molecule has 0 aromatic heterocycles. The van der Waals surface area contributed by atoms with Crippen molar-refractivity contribution in [2.24, 2.45) is 5.92 Å². The van der Waals surface area contributed by atoms with Crippen LogP contribution in [0.15, 0.2) is 24.3 Å². The summed E-state index contributed by atoms with van der Waals surface area (Å²) in [7, 11) is 1.62. The normalized spacial score (nSPS) is 17.5. The number of rotatable bonds is 5. The van der Waals surface area contributed by atoms with Gasteiger partial charge < -0.3 is 20.3 Å². The summed E-state index contributed by atoms with van der Waals surface area (Å²) >= 11 is 0. The quantitative estimate of drug-likeness (QED) is 0.867. The number of methoxy groups -OCH3 is 1. The molecule has 1 heterocycles. The number of urea groups is 1. The predicted molar refractivity (Wildman–Crippen MR) is 92.8 cm³/mol. The minimum Gasteiger partial charge on any atom is -0.496 e. The third-order valence-electron chi connectivity index (χ3n) is 4.14. The largest absolute Gasteiger partial charge is 0.496 e. The van der Waals surface area contributed by atoms with Crippen molar-refractivity contribution >= 4 is 11.9 Å². The van der Waals surface area contributed by atoms with Gasteiger partial charge in [-0.3, -0.25) is 4.79 Å². The number of amides is 3. The first-order valence-electron chi connectivity index (χ1n) is 8.46. The highest BCUT2D eigenvalue weighted by Crippen LogP contribution is 2.19. The molecule has 1 aliphatic heterocycles. The second-order valence-electron chi connectivity index (χ2n) is 6.42. The fourth-order valence-corrected chi connectivity index (χ4v) is 2.89. The molecule has 1 aromatic carbocycles. The van der Waals surface area contributed by atoms with E-state index in [0.717, 1.165) is 24.2 Å². The molecule has 1 unspecified atom stereocenters. The number of carbonyl (C=O) groups excluding carboxylic acids is 2. The maximum atomic E-state index is 12.5. The second kappa shape index (κ2) is 8.57.